The third kappa shape index (κ3) is 6.24. The van der Waals surface area contributed by atoms with Crippen LogP contribution in [0.2, 0.25) is 0 Å². The van der Waals surface area contributed by atoms with Gasteiger partial charge in [-0.2, -0.15) is 0 Å². The van der Waals surface area contributed by atoms with Crippen LogP contribution in [0.3, 0.4) is 0 Å². The van der Waals surface area contributed by atoms with Gasteiger partial charge in [0.2, 0.25) is 0 Å². The van der Waals surface area contributed by atoms with E-state index in [4.69, 9.17) is 19.9 Å². The molecule has 0 unspecified atom stereocenters. The van der Waals surface area contributed by atoms with Crippen LogP contribution < -0.4 is 20.5 Å². The summed E-state index contributed by atoms with van der Waals surface area (Å²) in [5.74, 6) is -0.101. The van der Waals surface area contributed by atoms with Crippen molar-refractivity contribution in [3.05, 3.63) is 83.9 Å². The molecule has 31 heavy (non-hydrogen) atoms. The van der Waals surface area contributed by atoms with Gasteiger partial charge in [-0.15, -0.1) is 0 Å². The van der Waals surface area contributed by atoms with E-state index in [0.29, 0.717) is 23.7 Å². The van der Waals surface area contributed by atoms with Gasteiger partial charge in [0.25, 0.3) is 5.91 Å². The lowest BCUT2D eigenvalue weighted by Gasteiger charge is -2.13. The number of carbonyl (C=O) groups is 2. The second-order valence-electron chi connectivity index (χ2n) is 6.58. The Kier molecular flexibility index (Phi) is 7.48. The van der Waals surface area contributed by atoms with E-state index in [1.165, 1.54) is 12.1 Å². The quantitative estimate of drug-likeness (QED) is 0.400. The van der Waals surface area contributed by atoms with Gasteiger partial charge < -0.3 is 25.3 Å². The number of nitrogens with two attached hydrogens (primary N) is 1. The maximum atomic E-state index is 12.3. The van der Waals surface area contributed by atoms with Crippen LogP contribution >= 0.6 is 0 Å². The Morgan fingerprint density at radius 3 is 2.42 bits per heavy atom. The maximum Gasteiger partial charge on any atom is 0.338 e. The molecule has 0 radical (unpaired) electrons. The Morgan fingerprint density at radius 1 is 0.903 bits per heavy atom. The Hall–Kier alpha value is -4.00. The average Bonchev–Trinajstić information content (AvgIpc) is 2.79. The first-order valence-corrected chi connectivity index (χ1v) is 9.82. The largest absolute Gasteiger partial charge is 0.492 e. The fourth-order valence-electron chi connectivity index (χ4n) is 2.77. The Balaban J connectivity index is 1.59. The van der Waals surface area contributed by atoms with Gasteiger partial charge in [0.1, 0.15) is 18.1 Å². The molecule has 7 heteroatoms. The first-order chi connectivity index (χ1) is 15.1. The molecule has 0 aliphatic carbocycles. The van der Waals surface area contributed by atoms with Crippen LogP contribution in [0.5, 0.6) is 11.5 Å². The normalized spacial score (nSPS) is 10.2. The molecule has 160 valence electrons. The smallest absolute Gasteiger partial charge is 0.338 e. The van der Waals surface area contributed by atoms with Crippen molar-refractivity contribution in [3.8, 4) is 11.5 Å². The summed E-state index contributed by atoms with van der Waals surface area (Å²) in [6.07, 6.45) is 0. The minimum atomic E-state index is -0.510. The van der Waals surface area contributed by atoms with Crippen LogP contribution in [0.15, 0.2) is 72.8 Å². The van der Waals surface area contributed by atoms with Crippen molar-refractivity contribution in [2.45, 2.75) is 13.5 Å². The fourth-order valence-corrected chi connectivity index (χ4v) is 2.77. The number of para-hydroxylation sites is 2. The van der Waals surface area contributed by atoms with E-state index in [2.05, 4.69) is 5.32 Å². The molecule has 1 amide bonds. The van der Waals surface area contributed by atoms with Crippen LogP contribution in [-0.2, 0) is 16.1 Å². The van der Waals surface area contributed by atoms with E-state index in [-0.39, 0.29) is 30.4 Å². The van der Waals surface area contributed by atoms with Crippen molar-refractivity contribution < 1.29 is 23.8 Å². The summed E-state index contributed by atoms with van der Waals surface area (Å²) >= 11 is 0. The van der Waals surface area contributed by atoms with Crippen molar-refractivity contribution >= 4 is 23.3 Å². The Labute approximate surface area is 180 Å². The number of nitrogen functional groups attached to an aromatic ring is 1. The van der Waals surface area contributed by atoms with Gasteiger partial charge in [0, 0.05) is 0 Å². The zero-order chi connectivity index (χ0) is 22.1. The number of hydrogen-bond acceptors (Lipinski definition) is 6. The Bertz CT molecular complexity index is 1040. The van der Waals surface area contributed by atoms with E-state index in [1.807, 2.05) is 43.3 Å². The third-order valence-corrected chi connectivity index (χ3v) is 4.28. The molecule has 0 aliphatic heterocycles. The first-order valence-electron chi connectivity index (χ1n) is 9.82. The summed E-state index contributed by atoms with van der Waals surface area (Å²) in [6.45, 7) is 2.21. The molecule has 3 rings (SSSR count). The summed E-state index contributed by atoms with van der Waals surface area (Å²) in [5.41, 5.74) is 7.94. The van der Waals surface area contributed by atoms with E-state index in [1.54, 1.807) is 24.3 Å². The molecule has 0 saturated heterocycles. The van der Waals surface area contributed by atoms with Crippen LogP contribution in [0, 0.1) is 0 Å². The molecule has 0 aliphatic rings. The minimum absolute atomic E-state index is 0.155. The highest BCUT2D eigenvalue weighted by molar-refractivity contribution is 5.93. The number of hydrogen-bond donors (Lipinski definition) is 2. The summed E-state index contributed by atoms with van der Waals surface area (Å²) in [6, 6.07) is 21.0. The van der Waals surface area contributed by atoms with Gasteiger partial charge in [-0.25, -0.2) is 4.79 Å². The molecule has 0 fully saturated rings. The summed E-state index contributed by atoms with van der Waals surface area (Å²) in [5, 5.41) is 2.74. The summed E-state index contributed by atoms with van der Waals surface area (Å²) in [4.78, 5) is 24.7. The highest BCUT2D eigenvalue weighted by atomic mass is 16.5. The van der Waals surface area contributed by atoms with Crippen LogP contribution in [-0.4, -0.2) is 25.1 Å². The molecule has 3 aromatic rings. The van der Waals surface area contributed by atoms with Gasteiger partial charge in [-0.3, -0.25) is 4.79 Å². The van der Waals surface area contributed by atoms with Crippen molar-refractivity contribution in [3.63, 3.8) is 0 Å². The average molecular weight is 420 g/mol. The second-order valence-corrected chi connectivity index (χ2v) is 6.58. The van der Waals surface area contributed by atoms with Gasteiger partial charge in [0.05, 0.1) is 23.5 Å². The molecule has 0 atom stereocenters. The SMILES string of the molecule is CCOc1ccccc1NC(=O)COc1cc(C(=O)OCc2ccccc2)ccc1N. The molecular weight excluding hydrogens is 396 g/mol. The molecular formula is C24H24N2O5. The second kappa shape index (κ2) is 10.7. The minimum Gasteiger partial charge on any atom is -0.492 e. The fraction of sp³-hybridized carbons (Fsp3) is 0.167. The van der Waals surface area contributed by atoms with Crippen molar-refractivity contribution in [2.75, 3.05) is 24.3 Å². The zero-order valence-electron chi connectivity index (χ0n) is 17.2. The summed E-state index contributed by atoms with van der Waals surface area (Å²) < 4.78 is 16.3. The predicted molar refractivity (Wildman–Crippen MR) is 118 cm³/mol. The third-order valence-electron chi connectivity index (χ3n) is 4.28. The number of ether oxygens (including phenoxy) is 3. The van der Waals surface area contributed by atoms with Crippen molar-refractivity contribution in [1.29, 1.82) is 0 Å². The number of carbonyl (C=O) groups excluding carboxylic acids is 2. The molecule has 7 nitrogen and oxygen atoms in total. The van der Waals surface area contributed by atoms with E-state index in [0.717, 1.165) is 5.56 Å². The van der Waals surface area contributed by atoms with Crippen molar-refractivity contribution in [2.24, 2.45) is 0 Å². The van der Waals surface area contributed by atoms with Crippen molar-refractivity contribution in [1.82, 2.24) is 0 Å². The van der Waals surface area contributed by atoms with Crippen LogP contribution in [0.1, 0.15) is 22.8 Å². The molecule has 3 aromatic carbocycles. The molecule has 0 saturated carbocycles. The number of benzene rings is 3. The lowest BCUT2D eigenvalue weighted by Crippen LogP contribution is -2.21. The van der Waals surface area contributed by atoms with Gasteiger partial charge in [-0.05, 0) is 42.8 Å². The number of esters is 1. The monoisotopic (exact) mass is 420 g/mol. The van der Waals surface area contributed by atoms with E-state index >= 15 is 0 Å². The van der Waals surface area contributed by atoms with E-state index in [9.17, 15) is 9.59 Å². The molecule has 3 N–H and O–H groups in total. The van der Waals surface area contributed by atoms with Gasteiger partial charge >= 0.3 is 5.97 Å². The highest BCUT2D eigenvalue weighted by Crippen LogP contribution is 2.25. The molecule has 0 heterocycles. The lowest BCUT2D eigenvalue weighted by molar-refractivity contribution is -0.118. The maximum absolute atomic E-state index is 12.3. The molecule has 0 spiro atoms. The summed E-state index contributed by atoms with van der Waals surface area (Å²) in [7, 11) is 0. The Morgan fingerprint density at radius 2 is 1.65 bits per heavy atom. The topological polar surface area (TPSA) is 99.9 Å². The van der Waals surface area contributed by atoms with Crippen LogP contribution in [0.4, 0.5) is 11.4 Å². The number of amides is 1. The number of rotatable bonds is 9. The van der Waals surface area contributed by atoms with E-state index < -0.39 is 5.97 Å². The standard InChI is InChI=1S/C24H24N2O5/c1-2-29-21-11-7-6-10-20(21)26-23(27)16-30-22-14-18(12-13-19(22)25)24(28)31-15-17-8-4-3-5-9-17/h3-14H,2,15-16,25H2,1H3,(H,26,27). The molecule has 0 aromatic heterocycles. The van der Waals surface area contributed by atoms with Gasteiger partial charge in [0.15, 0.2) is 6.61 Å². The molecule has 0 bridgehead atoms. The first kappa shape index (κ1) is 21.7. The predicted octanol–water partition coefficient (Wildman–Crippen LogP) is 4.04. The number of anilines is 2. The lowest BCUT2D eigenvalue weighted by atomic mass is 10.2. The zero-order valence-corrected chi connectivity index (χ0v) is 17.2. The van der Waals surface area contributed by atoms with Crippen LogP contribution in [0.25, 0.3) is 0 Å². The highest BCUT2D eigenvalue weighted by Gasteiger charge is 2.13. The number of nitrogens with one attached hydrogen (secondary N) is 1. The van der Waals surface area contributed by atoms with Gasteiger partial charge in [-0.1, -0.05) is 42.5 Å².